The topological polar surface area (TPSA) is 107 Å². The Morgan fingerprint density at radius 1 is 1.50 bits per heavy atom. The van der Waals surface area contributed by atoms with Crippen LogP contribution in [0.15, 0.2) is 0 Å². The predicted octanol–water partition coefficient (Wildman–Crippen LogP) is -1.31. The zero-order valence-electron chi connectivity index (χ0n) is 8.07. The molecule has 0 aromatic rings. The Morgan fingerprint density at radius 2 is 2.21 bits per heavy atom. The van der Waals surface area contributed by atoms with Crippen molar-refractivity contribution in [1.82, 2.24) is 5.48 Å². The summed E-state index contributed by atoms with van der Waals surface area (Å²) in [7, 11) is 0. The third-order valence-electron chi connectivity index (χ3n) is 1.63. The van der Waals surface area contributed by atoms with E-state index in [0.29, 0.717) is 19.3 Å². The molecule has 0 aliphatic rings. The van der Waals surface area contributed by atoms with Crippen molar-refractivity contribution in [1.29, 1.82) is 0 Å². The molecule has 1 amide bonds. The highest BCUT2D eigenvalue weighted by molar-refractivity contribution is 5.80. The molecular weight excluding hydrogens is 186 g/mol. The number of unbranched alkanes of at least 4 members (excludes halogenated alkanes) is 1. The normalized spacial score (nSPS) is 12.1. The van der Waals surface area contributed by atoms with Crippen LogP contribution in [0.5, 0.6) is 0 Å². The fourth-order valence-electron chi connectivity index (χ4n) is 0.862. The number of carbonyl (C=O) groups is 2. The second kappa shape index (κ2) is 8.61. The zero-order valence-corrected chi connectivity index (χ0v) is 8.07. The molecule has 5 N–H and O–H groups in total. The Kier molecular flexibility index (Phi) is 8.01. The van der Waals surface area contributed by atoms with Crippen molar-refractivity contribution in [3.63, 3.8) is 0 Å². The Bertz CT molecular complexity index is 175. The molecule has 0 rings (SSSR count). The second-order valence-corrected chi connectivity index (χ2v) is 2.83. The molecule has 0 aromatic carbocycles. The zero-order chi connectivity index (χ0) is 10.8. The van der Waals surface area contributed by atoms with Crippen LogP contribution in [0.2, 0.25) is 0 Å². The van der Waals surface area contributed by atoms with Crippen molar-refractivity contribution in [2.24, 2.45) is 11.5 Å². The van der Waals surface area contributed by atoms with Crippen LogP contribution in [-0.2, 0) is 14.4 Å². The highest BCUT2D eigenvalue weighted by Crippen LogP contribution is 1.97. The number of carbonyl (C=O) groups excluding carboxylic acids is 2. The standard InChI is InChI=1S/C8H17N3O3/c9-4-2-1-3-7(10)8(13)11-14-6-5-12/h5,7H,1-4,6,9-10H2,(H,11,13)/t7-/m0/s1. The van der Waals surface area contributed by atoms with Crippen LogP contribution in [0.25, 0.3) is 0 Å². The van der Waals surface area contributed by atoms with Crippen LogP contribution in [0.1, 0.15) is 19.3 Å². The Hall–Kier alpha value is -0.980. The minimum absolute atomic E-state index is 0.165. The molecule has 0 aliphatic carbocycles. The van der Waals surface area contributed by atoms with E-state index in [1.54, 1.807) is 0 Å². The Morgan fingerprint density at radius 3 is 2.79 bits per heavy atom. The summed E-state index contributed by atoms with van der Waals surface area (Å²) >= 11 is 0. The summed E-state index contributed by atoms with van der Waals surface area (Å²) in [5.41, 5.74) is 12.9. The van der Waals surface area contributed by atoms with Gasteiger partial charge in [0.05, 0.1) is 6.04 Å². The summed E-state index contributed by atoms with van der Waals surface area (Å²) in [5, 5.41) is 0. The first-order valence-electron chi connectivity index (χ1n) is 4.53. The Labute approximate surface area is 82.9 Å². The molecule has 0 radical (unpaired) electrons. The molecule has 14 heavy (non-hydrogen) atoms. The highest BCUT2D eigenvalue weighted by Gasteiger charge is 2.12. The van der Waals surface area contributed by atoms with Gasteiger partial charge in [-0.3, -0.25) is 9.63 Å². The van der Waals surface area contributed by atoms with Crippen molar-refractivity contribution in [3.05, 3.63) is 0 Å². The molecule has 1 atom stereocenters. The van der Waals surface area contributed by atoms with Crippen LogP contribution in [0.3, 0.4) is 0 Å². The summed E-state index contributed by atoms with van der Waals surface area (Å²) in [6.45, 7) is 0.428. The maximum absolute atomic E-state index is 11.1. The Balaban J connectivity index is 3.49. The average Bonchev–Trinajstić information content (AvgIpc) is 2.18. The number of nitrogens with two attached hydrogens (primary N) is 2. The lowest BCUT2D eigenvalue weighted by molar-refractivity contribution is -0.136. The monoisotopic (exact) mass is 203 g/mol. The third-order valence-corrected chi connectivity index (χ3v) is 1.63. The molecule has 0 unspecified atom stereocenters. The number of hydroxylamine groups is 1. The fraction of sp³-hybridized carbons (Fsp3) is 0.750. The molecule has 6 nitrogen and oxygen atoms in total. The van der Waals surface area contributed by atoms with Crippen molar-refractivity contribution in [2.45, 2.75) is 25.3 Å². The lowest BCUT2D eigenvalue weighted by atomic mass is 10.1. The van der Waals surface area contributed by atoms with E-state index in [1.165, 1.54) is 0 Å². The van der Waals surface area contributed by atoms with Crippen LogP contribution in [-0.4, -0.2) is 31.4 Å². The van der Waals surface area contributed by atoms with Gasteiger partial charge in [0.25, 0.3) is 5.91 Å². The lowest BCUT2D eigenvalue weighted by Gasteiger charge is -2.10. The van der Waals surface area contributed by atoms with Crippen LogP contribution in [0.4, 0.5) is 0 Å². The van der Waals surface area contributed by atoms with Gasteiger partial charge in [0.15, 0.2) is 0 Å². The number of amides is 1. The second-order valence-electron chi connectivity index (χ2n) is 2.83. The van der Waals surface area contributed by atoms with Gasteiger partial charge in [0, 0.05) is 0 Å². The molecule has 0 fully saturated rings. The summed E-state index contributed by atoms with van der Waals surface area (Å²) in [5.74, 6) is -0.413. The minimum atomic E-state index is -0.604. The SMILES string of the molecule is NCCCC[C@H](N)C(=O)NOCC=O. The molecule has 0 bridgehead atoms. The predicted molar refractivity (Wildman–Crippen MR) is 51.0 cm³/mol. The molecule has 0 saturated carbocycles. The summed E-state index contributed by atoms with van der Waals surface area (Å²) in [6, 6.07) is -0.604. The highest BCUT2D eigenvalue weighted by atomic mass is 16.7. The van der Waals surface area contributed by atoms with E-state index in [1.807, 2.05) is 0 Å². The summed E-state index contributed by atoms with van der Waals surface area (Å²) < 4.78 is 0. The molecule has 0 aromatic heterocycles. The largest absolute Gasteiger partial charge is 0.330 e. The molecule has 6 heteroatoms. The van der Waals surface area contributed by atoms with E-state index in [0.717, 1.165) is 12.8 Å². The van der Waals surface area contributed by atoms with E-state index in [4.69, 9.17) is 11.5 Å². The van der Waals surface area contributed by atoms with Crippen molar-refractivity contribution in [2.75, 3.05) is 13.2 Å². The van der Waals surface area contributed by atoms with E-state index in [2.05, 4.69) is 10.3 Å². The molecule has 0 saturated heterocycles. The summed E-state index contributed by atoms with van der Waals surface area (Å²) in [4.78, 5) is 25.4. The maximum atomic E-state index is 11.1. The van der Waals surface area contributed by atoms with Gasteiger partial charge in [0.2, 0.25) is 0 Å². The third kappa shape index (κ3) is 6.53. The lowest BCUT2D eigenvalue weighted by Crippen LogP contribution is -2.40. The van der Waals surface area contributed by atoms with Crippen molar-refractivity contribution >= 4 is 12.2 Å². The first kappa shape index (κ1) is 13.0. The van der Waals surface area contributed by atoms with E-state index >= 15 is 0 Å². The molecule has 0 spiro atoms. The van der Waals surface area contributed by atoms with Gasteiger partial charge in [-0.25, -0.2) is 5.48 Å². The number of nitrogens with one attached hydrogen (secondary N) is 1. The van der Waals surface area contributed by atoms with Crippen LogP contribution >= 0.6 is 0 Å². The maximum Gasteiger partial charge on any atom is 0.260 e. The first-order valence-corrected chi connectivity index (χ1v) is 4.53. The molecule has 82 valence electrons. The number of aldehydes is 1. The van der Waals surface area contributed by atoms with Gasteiger partial charge < -0.3 is 16.3 Å². The van der Waals surface area contributed by atoms with Gasteiger partial charge in [-0.15, -0.1) is 0 Å². The van der Waals surface area contributed by atoms with Crippen molar-refractivity contribution < 1.29 is 14.4 Å². The molecule has 0 heterocycles. The van der Waals surface area contributed by atoms with Gasteiger partial charge >= 0.3 is 0 Å². The van der Waals surface area contributed by atoms with E-state index in [9.17, 15) is 9.59 Å². The van der Waals surface area contributed by atoms with E-state index in [-0.39, 0.29) is 6.61 Å². The van der Waals surface area contributed by atoms with Gasteiger partial charge in [-0.05, 0) is 19.4 Å². The van der Waals surface area contributed by atoms with Crippen molar-refractivity contribution in [3.8, 4) is 0 Å². The van der Waals surface area contributed by atoms with Crippen LogP contribution < -0.4 is 16.9 Å². The number of hydrogen-bond acceptors (Lipinski definition) is 5. The minimum Gasteiger partial charge on any atom is -0.330 e. The number of hydrogen-bond donors (Lipinski definition) is 3. The quantitative estimate of drug-likeness (QED) is 0.258. The smallest absolute Gasteiger partial charge is 0.260 e. The fourth-order valence-corrected chi connectivity index (χ4v) is 0.862. The van der Waals surface area contributed by atoms with Crippen LogP contribution in [0, 0.1) is 0 Å². The molecule has 0 aliphatic heterocycles. The average molecular weight is 203 g/mol. The van der Waals surface area contributed by atoms with E-state index < -0.39 is 11.9 Å². The van der Waals surface area contributed by atoms with Gasteiger partial charge in [0.1, 0.15) is 12.9 Å². The van der Waals surface area contributed by atoms with Gasteiger partial charge in [-0.2, -0.15) is 0 Å². The first-order chi connectivity index (χ1) is 6.72. The molecular formula is C8H17N3O3. The summed E-state index contributed by atoms with van der Waals surface area (Å²) in [6.07, 6.45) is 2.75. The number of rotatable bonds is 8. The van der Waals surface area contributed by atoms with Gasteiger partial charge in [-0.1, -0.05) is 6.42 Å².